The van der Waals surface area contributed by atoms with Crippen molar-refractivity contribution in [2.75, 3.05) is 13.6 Å². The normalized spacial score (nSPS) is 22.9. The number of benzene rings is 1. The van der Waals surface area contributed by atoms with Gasteiger partial charge in [-0.25, -0.2) is 9.82 Å². The van der Waals surface area contributed by atoms with Gasteiger partial charge in [-0.3, -0.25) is 4.79 Å². The first kappa shape index (κ1) is 15.1. The zero-order valence-electron chi connectivity index (χ0n) is 11.3. The number of amides is 1. The minimum absolute atomic E-state index is 0.0618. The average Bonchev–Trinajstić information content (AvgIpc) is 2.43. The number of carbonyl (C=O) groups is 1. The van der Waals surface area contributed by atoms with Crippen molar-refractivity contribution in [1.29, 1.82) is 0 Å². The molecule has 1 unspecified atom stereocenters. The number of nitrogens with zero attached hydrogens (tertiary/aromatic N) is 1. The van der Waals surface area contributed by atoms with Gasteiger partial charge in [-0.2, -0.15) is 5.10 Å². The fourth-order valence-corrected chi connectivity index (χ4v) is 2.76. The molecule has 0 radical (unpaired) electrons. The van der Waals surface area contributed by atoms with Crippen LogP contribution in [0, 0.1) is 5.82 Å². The van der Waals surface area contributed by atoms with E-state index in [1.807, 2.05) is 7.05 Å². The Kier molecular flexibility index (Phi) is 5.25. The number of rotatable bonds is 3. The summed E-state index contributed by atoms with van der Waals surface area (Å²) in [5, 5.41) is 3.85. The second kappa shape index (κ2) is 6.95. The number of quaternary nitrogens is 1. The van der Waals surface area contributed by atoms with E-state index in [9.17, 15) is 9.18 Å². The number of hydrazone groups is 1. The molecule has 108 valence electrons. The zero-order valence-corrected chi connectivity index (χ0v) is 12.9. The Morgan fingerprint density at radius 2 is 2.35 bits per heavy atom. The van der Waals surface area contributed by atoms with Crippen LogP contribution in [0.15, 0.2) is 27.8 Å². The maximum atomic E-state index is 13.5. The Morgan fingerprint density at radius 1 is 1.55 bits per heavy atom. The lowest BCUT2D eigenvalue weighted by Crippen LogP contribution is -3.15. The number of hydrogen-bond acceptors (Lipinski definition) is 2. The number of halogens is 2. The number of nitrogens with one attached hydrogen (secondary N) is 2. The summed E-state index contributed by atoms with van der Waals surface area (Å²) >= 11 is 3.27. The summed E-state index contributed by atoms with van der Waals surface area (Å²) in [6, 6.07) is 4.52. The van der Waals surface area contributed by atoms with Crippen molar-refractivity contribution in [2.45, 2.75) is 25.3 Å². The van der Waals surface area contributed by atoms with E-state index in [1.54, 1.807) is 12.1 Å². The van der Waals surface area contributed by atoms with Gasteiger partial charge in [-0.1, -0.05) is 15.9 Å². The van der Waals surface area contributed by atoms with E-state index in [4.69, 9.17) is 0 Å². The molecule has 4 nitrogen and oxygen atoms in total. The molecular formula is C14H18BrFN3O+. The molecule has 0 bridgehead atoms. The van der Waals surface area contributed by atoms with Crippen LogP contribution in [0.25, 0.3) is 0 Å². The summed E-state index contributed by atoms with van der Waals surface area (Å²) < 4.78 is 14.2. The van der Waals surface area contributed by atoms with Crippen molar-refractivity contribution >= 4 is 28.1 Å². The third kappa shape index (κ3) is 3.86. The highest BCUT2D eigenvalue weighted by atomic mass is 79.9. The van der Waals surface area contributed by atoms with E-state index in [2.05, 4.69) is 26.5 Å². The Hall–Kier alpha value is -1.27. The standard InChI is InChI=1S/C14H17BrFN3O/c1-19-7-3-2-4-13(19)14(20)18-17-9-10-8-11(15)5-6-12(10)16/h5-6,8-9,13H,2-4,7H2,1H3,(H,18,20)/p+1/b17-9-/t13-/m0/s1. The Bertz CT molecular complexity index is 521. The number of hydrogen-bond donors (Lipinski definition) is 2. The molecule has 2 atom stereocenters. The molecule has 2 N–H and O–H groups in total. The van der Waals surface area contributed by atoms with E-state index < -0.39 is 0 Å². The van der Waals surface area contributed by atoms with Gasteiger partial charge in [0.15, 0.2) is 6.04 Å². The van der Waals surface area contributed by atoms with Crippen LogP contribution in [0.2, 0.25) is 0 Å². The van der Waals surface area contributed by atoms with Gasteiger partial charge in [0.1, 0.15) is 5.82 Å². The predicted octanol–water partition coefficient (Wildman–Crippen LogP) is 1.11. The Labute approximate surface area is 126 Å². The maximum Gasteiger partial charge on any atom is 0.298 e. The fraction of sp³-hybridized carbons (Fsp3) is 0.429. The molecule has 0 aliphatic carbocycles. The van der Waals surface area contributed by atoms with Crippen LogP contribution in [-0.2, 0) is 4.79 Å². The van der Waals surface area contributed by atoms with Crippen LogP contribution in [-0.4, -0.2) is 31.8 Å². The minimum Gasteiger partial charge on any atom is -0.327 e. The Balaban J connectivity index is 1.95. The molecule has 1 aromatic carbocycles. The minimum atomic E-state index is -0.369. The number of likely N-dealkylation sites (tertiary alicyclic amines) is 1. The lowest BCUT2D eigenvalue weighted by molar-refractivity contribution is -0.901. The highest BCUT2D eigenvalue weighted by molar-refractivity contribution is 9.10. The molecule has 1 aromatic rings. The molecule has 0 aromatic heterocycles. The number of carbonyl (C=O) groups excluding carboxylic acids is 1. The number of piperidine rings is 1. The second-order valence-corrected chi connectivity index (χ2v) is 5.96. The summed E-state index contributed by atoms with van der Waals surface area (Å²) in [5.74, 6) is -0.472. The van der Waals surface area contributed by atoms with Crippen LogP contribution in [0.4, 0.5) is 4.39 Å². The van der Waals surface area contributed by atoms with E-state index in [0.717, 1.165) is 30.3 Å². The van der Waals surface area contributed by atoms with Gasteiger partial charge in [0.05, 0.1) is 19.8 Å². The van der Waals surface area contributed by atoms with Gasteiger partial charge in [-0.05, 0) is 31.0 Å². The summed E-state index contributed by atoms with van der Waals surface area (Å²) in [6.07, 6.45) is 4.43. The summed E-state index contributed by atoms with van der Waals surface area (Å²) in [6.45, 7) is 1.00. The molecule has 1 aliphatic rings. The smallest absolute Gasteiger partial charge is 0.298 e. The highest BCUT2D eigenvalue weighted by Crippen LogP contribution is 2.13. The summed E-state index contributed by atoms with van der Waals surface area (Å²) in [7, 11) is 2.01. The quantitative estimate of drug-likeness (QED) is 0.627. The molecule has 6 heteroatoms. The van der Waals surface area contributed by atoms with Crippen molar-refractivity contribution < 1.29 is 14.1 Å². The molecule has 1 saturated heterocycles. The Morgan fingerprint density at radius 3 is 3.10 bits per heavy atom. The molecule has 0 saturated carbocycles. The van der Waals surface area contributed by atoms with E-state index in [0.29, 0.717) is 5.56 Å². The molecule has 1 aliphatic heterocycles. The SMILES string of the molecule is C[NH+]1CCCC[C@H]1C(=O)N/N=C\c1cc(Br)ccc1F. The molecular weight excluding hydrogens is 325 g/mol. The van der Waals surface area contributed by atoms with Crippen molar-refractivity contribution in [2.24, 2.45) is 5.10 Å². The molecule has 20 heavy (non-hydrogen) atoms. The maximum absolute atomic E-state index is 13.5. The lowest BCUT2D eigenvalue weighted by Gasteiger charge is -2.27. The largest absolute Gasteiger partial charge is 0.327 e. The van der Waals surface area contributed by atoms with E-state index in [1.165, 1.54) is 17.2 Å². The van der Waals surface area contributed by atoms with Gasteiger partial charge in [0.2, 0.25) is 0 Å². The van der Waals surface area contributed by atoms with Gasteiger partial charge in [-0.15, -0.1) is 0 Å². The van der Waals surface area contributed by atoms with Gasteiger partial charge in [0.25, 0.3) is 5.91 Å². The molecule has 1 fully saturated rings. The van der Waals surface area contributed by atoms with Crippen LogP contribution in [0.1, 0.15) is 24.8 Å². The van der Waals surface area contributed by atoms with Crippen molar-refractivity contribution in [3.63, 3.8) is 0 Å². The van der Waals surface area contributed by atoms with Gasteiger partial charge in [0, 0.05) is 16.5 Å². The van der Waals surface area contributed by atoms with Gasteiger partial charge >= 0.3 is 0 Å². The number of likely N-dealkylation sites (N-methyl/N-ethyl adjacent to an activating group) is 1. The average molecular weight is 343 g/mol. The highest BCUT2D eigenvalue weighted by Gasteiger charge is 2.29. The topological polar surface area (TPSA) is 45.9 Å². The first-order valence-corrected chi connectivity index (χ1v) is 7.47. The first-order valence-electron chi connectivity index (χ1n) is 6.68. The van der Waals surface area contributed by atoms with Crippen LogP contribution in [0.5, 0.6) is 0 Å². The van der Waals surface area contributed by atoms with E-state index >= 15 is 0 Å². The van der Waals surface area contributed by atoms with Crippen molar-refractivity contribution in [3.8, 4) is 0 Å². The predicted molar refractivity (Wildman–Crippen MR) is 79.2 cm³/mol. The van der Waals surface area contributed by atoms with Crippen LogP contribution < -0.4 is 10.3 Å². The molecule has 2 rings (SSSR count). The molecule has 0 spiro atoms. The van der Waals surface area contributed by atoms with Crippen LogP contribution in [0.3, 0.4) is 0 Å². The molecule has 1 heterocycles. The first-order chi connectivity index (χ1) is 9.58. The van der Waals surface area contributed by atoms with E-state index in [-0.39, 0.29) is 17.8 Å². The summed E-state index contributed by atoms with van der Waals surface area (Å²) in [5.41, 5.74) is 2.84. The second-order valence-electron chi connectivity index (χ2n) is 5.04. The lowest BCUT2D eigenvalue weighted by atomic mass is 10.0. The van der Waals surface area contributed by atoms with Crippen molar-refractivity contribution in [3.05, 3.63) is 34.1 Å². The monoisotopic (exact) mass is 342 g/mol. The van der Waals surface area contributed by atoms with Crippen molar-refractivity contribution in [1.82, 2.24) is 5.43 Å². The third-order valence-electron chi connectivity index (χ3n) is 3.56. The van der Waals surface area contributed by atoms with Crippen LogP contribution >= 0.6 is 15.9 Å². The zero-order chi connectivity index (χ0) is 14.5. The third-order valence-corrected chi connectivity index (χ3v) is 4.05. The molecule has 1 amide bonds. The fourth-order valence-electron chi connectivity index (χ4n) is 2.38. The summed E-state index contributed by atoms with van der Waals surface area (Å²) in [4.78, 5) is 13.2. The van der Waals surface area contributed by atoms with Gasteiger partial charge < -0.3 is 4.90 Å².